The topological polar surface area (TPSA) is 75.3 Å². The monoisotopic (exact) mass is 667 g/mol. The van der Waals surface area contributed by atoms with Crippen LogP contribution in [0.2, 0.25) is 0 Å². The van der Waals surface area contributed by atoms with E-state index in [9.17, 15) is 4.79 Å². The van der Waals surface area contributed by atoms with Gasteiger partial charge in [-0.15, -0.1) is 0 Å². The van der Waals surface area contributed by atoms with E-state index in [1.807, 2.05) is 6.07 Å². The zero-order chi connectivity index (χ0) is 34.3. The third kappa shape index (κ3) is 9.30. The van der Waals surface area contributed by atoms with Crippen molar-refractivity contribution in [3.63, 3.8) is 0 Å². The van der Waals surface area contributed by atoms with Crippen molar-refractivity contribution >= 4 is 5.91 Å². The van der Waals surface area contributed by atoms with Crippen molar-refractivity contribution < 1.29 is 32.9 Å². The van der Waals surface area contributed by atoms with E-state index in [0.717, 1.165) is 75.0 Å². The number of hydrogen-bond donors (Lipinski definition) is 1. The molecule has 8 heteroatoms. The molecule has 0 radical (unpaired) electrons. The van der Waals surface area contributed by atoms with Crippen molar-refractivity contribution in [1.82, 2.24) is 5.32 Å². The van der Waals surface area contributed by atoms with Gasteiger partial charge < -0.3 is 29.0 Å². The predicted molar refractivity (Wildman–Crippen MR) is 187 cm³/mol. The molecule has 266 valence electrons. The largest absolute Gasteiger partial charge is 0.491 e. The number of amides is 1. The first-order valence-electron chi connectivity index (χ1n) is 18.4. The molecule has 3 atom stereocenters. The number of rotatable bonds is 15. The molecule has 3 fully saturated rings. The molecule has 7 nitrogen and oxygen atoms in total. The Morgan fingerprint density at radius 1 is 0.938 bits per heavy atom. The van der Waals surface area contributed by atoms with Gasteiger partial charge in [0.05, 0.1) is 38.6 Å². The third-order valence-corrected chi connectivity index (χ3v) is 10.4. The van der Waals surface area contributed by atoms with E-state index in [4.69, 9.17) is 23.7 Å². The molecule has 2 aromatic rings. The fourth-order valence-corrected chi connectivity index (χ4v) is 7.83. The maximum atomic E-state index is 15.2. The maximum absolute atomic E-state index is 15.2. The fourth-order valence-electron chi connectivity index (χ4n) is 7.83. The van der Waals surface area contributed by atoms with Crippen LogP contribution in [0.25, 0.3) is 0 Å². The number of halogens is 1. The van der Waals surface area contributed by atoms with Crippen LogP contribution in [-0.2, 0) is 19.0 Å². The van der Waals surface area contributed by atoms with Crippen LogP contribution in [0.3, 0.4) is 0 Å². The second-order valence-corrected chi connectivity index (χ2v) is 15.2. The molecule has 1 N–H and O–H groups in total. The molecule has 1 spiro atoms. The molecule has 2 saturated carbocycles. The summed E-state index contributed by atoms with van der Waals surface area (Å²) >= 11 is 0. The molecular weight excluding hydrogens is 609 g/mol. The first-order chi connectivity index (χ1) is 23.0. The molecule has 5 rings (SSSR count). The number of carbonyl (C=O) groups excluding carboxylic acids is 1. The normalized spacial score (nSPS) is 22.7. The Labute approximate surface area is 287 Å². The number of nitrogens with one attached hydrogen (secondary N) is 1. The lowest BCUT2D eigenvalue weighted by molar-refractivity contribution is -0.145. The number of ether oxygens (including phenoxy) is 5. The van der Waals surface area contributed by atoms with E-state index < -0.39 is 0 Å². The van der Waals surface area contributed by atoms with E-state index in [-0.39, 0.29) is 47.8 Å². The lowest BCUT2D eigenvalue weighted by Crippen LogP contribution is -2.47. The molecule has 3 aliphatic rings. The smallest absolute Gasteiger partial charge is 0.223 e. The minimum absolute atomic E-state index is 0.0239. The zero-order valence-corrected chi connectivity index (χ0v) is 30.0. The lowest BCUT2D eigenvalue weighted by atomic mass is 9.69. The number of para-hydroxylation sites is 1. The van der Waals surface area contributed by atoms with Crippen LogP contribution >= 0.6 is 0 Å². The van der Waals surface area contributed by atoms with Crippen LogP contribution in [-0.4, -0.2) is 63.8 Å². The van der Waals surface area contributed by atoms with E-state index in [0.29, 0.717) is 43.4 Å². The standard InChI is InChI=1S/C40H58FNO6/c1-26(2)32-9-7-8-10-35(32)48-31-11-12-33(36(23-31)47-28(5)6)34-21-30(41)22-37(38(34)27(3)4)46-20-19-44-18-17-42-39(43)29-13-15-40(16-14-29)24-45-25-40/h7-10,21-22,26-29,31,33,36H,11-20,23-25H2,1-6H3,(H,42,43). The molecule has 48 heavy (non-hydrogen) atoms. The van der Waals surface area contributed by atoms with Crippen LogP contribution in [0.4, 0.5) is 4.39 Å². The zero-order valence-electron chi connectivity index (χ0n) is 30.0. The molecule has 3 unspecified atom stereocenters. The summed E-state index contributed by atoms with van der Waals surface area (Å²) in [5.74, 6) is 1.94. The van der Waals surface area contributed by atoms with Crippen LogP contribution in [0.1, 0.15) is 121 Å². The van der Waals surface area contributed by atoms with Gasteiger partial charge in [0.25, 0.3) is 0 Å². The minimum atomic E-state index is -0.306. The van der Waals surface area contributed by atoms with E-state index in [1.165, 1.54) is 11.6 Å². The molecule has 0 aromatic heterocycles. The highest BCUT2D eigenvalue weighted by atomic mass is 19.1. The molecule has 2 aromatic carbocycles. The molecular formula is C40H58FNO6. The van der Waals surface area contributed by atoms with Crippen molar-refractivity contribution in [2.45, 2.75) is 123 Å². The molecule has 2 aliphatic carbocycles. The summed E-state index contributed by atoms with van der Waals surface area (Å²) in [5.41, 5.74) is 3.55. The summed E-state index contributed by atoms with van der Waals surface area (Å²) in [6.45, 7) is 16.0. The van der Waals surface area contributed by atoms with Gasteiger partial charge in [0, 0.05) is 41.8 Å². The van der Waals surface area contributed by atoms with Crippen LogP contribution in [0.5, 0.6) is 11.5 Å². The Balaban J connectivity index is 1.15. The highest BCUT2D eigenvalue weighted by Gasteiger charge is 2.43. The highest BCUT2D eigenvalue weighted by Crippen LogP contribution is 2.45. The number of carbonyl (C=O) groups is 1. The SMILES string of the molecule is CC(C)OC1CC(Oc2ccccc2C(C)C)CCC1c1cc(F)cc(OCCOCCNC(=O)C2CCC3(CC2)COC3)c1C(C)C. The number of hydrogen-bond acceptors (Lipinski definition) is 6. The van der Waals surface area contributed by atoms with Gasteiger partial charge in [0.2, 0.25) is 5.91 Å². The number of benzene rings is 2. The van der Waals surface area contributed by atoms with Crippen molar-refractivity contribution in [3.05, 3.63) is 58.9 Å². The summed E-state index contributed by atoms with van der Waals surface area (Å²) < 4.78 is 45.8. The average molecular weight is 668 g/mol. The van der Waals surface area contributed by atoms with E-state index in [2.05, 4.69) is 65.1 Å². The van der Waals surface area contributed by atoms with Gasteiger partial charge in [-0.2, -0.15) is 0 Å². The second kappa shape index (κ2) is 16.8. The molecule has 1 aliphatic heterocycles. The Morgan fingerprint density at radius 2 is 1.69 bits per heavy atom. The summed E-state index contributed by atoms with van der Waals surface area (Å²) in [5, 5.41) is 3.03. The van der Waals surface area contributed by atoms with Gasteiger partial charge >= 0.3 is 0 Å². The summed E-state index contributed by atoms with van der Waals surface area (Å²) in [4.78, 5) is 12.6. The average Bonchev–Trinajstić information content (AvgIpc) is 3.03. The predicted octanol–water partition coefficient (Wildman–Crippen LogP) is 8.30. The van der Waals surface area contributed by atoms with Gasteiger partial charge in [-0.25, -0.2) is 4.39 Å². The second-order valence-electron chi connectivity index (χ2n) is 15.2. The third-order valence-electron chi connectivity index (χ3n) is 10.4. The first kappa shape index (κ1) is 36.6. The molecule has 1 saturated heterocycles. The molecule has 0 bridgehead atoms. The van der Waals surface area contributed by atoms with E-state index >= 15 is 4.39 Å². The van der Waals surface area contributed by atoms with E-state index in [1.54, 1.807) is 6.07 Å². The fraction of sp³-hybridized carbons (Fsp3) is 0.675. The minimum Gasteiger partial charge on any atom is -0.491 e. The van der Waals surface area contributed by atoms with Gasteiger partial charge in [0.1, 0.15) is 30.0 Å². The Kier molecular flexibility index (Phi) is 12.8. The molecule has 1 heterocycles. The Bertz CT molecular complexity index is 1330. The lowest BCUT2D eigenvalue weighted by Gasteiger charge is -2.45. The molecule has 1 amide bonds. The van der Waals surface area contributed by atoms with Gasteiger partial charge in [-0.1, -0.05) is 45.9 Å². The van der Waals surface area contributed by atoms with Crippen LogP contribution in [0.15, 0.2) is 36.4 Å². The Morgan fingerprint density at radius 3 is 2.35 bits per heavy atom. The van der Waals surface area contributed by atoms with Crippen molar-refractivity contribution in [2.24, 2.45) is 11.3 Å². The quantitative estimate of drug-likeness (QED) is 0.193. The summed E-state index contributed by atoms with van der Waals surface area (Å²) in [7, 11) is 0. The first-order valence-corrected chi connectivity index (χ1v) is 18.4. The van der Waals surface area contributed by atoms with Crippen LogP contribution in [0, 0.1) is 17.2 Å². The van der Waals surface area contributed by atoms with Crippen molar-refractivity contribution in [2.75, 3.05) is 39.6 Å². The highest BCUT2D eigenvalue weighted by molar-refractivity contribution is 5.78. The maximum Gasteiger partial charge on any atom is 0.223 e. The van der Waals surface area contributed by atoms with Gasteiger partial charge in [-0.05, 0) is 87.5 Å². The van der Waals surface area contributed by atoms with Crippen molar-refractivity contribution in [3.8, 4) is 11.5 Å². The summed E-state index contributed by atoms with van der Waals surface area (Å²) in [6.07, 6.45) is 6.40. The van der Waals surface area contributed by atoms with Gasteiger partial charge in [-0.3, -0.25) is 4.79 Å². The van der Waals surface area contributed by atoms with Crippen LogP contribution < -0.4 is 14.8 Å². The van der Waals surface area contributed by atoms with Crippen molar-refractivity contribution in [1.29, 1.82) is 0 Å². The summed E-state index contributed by atoms with van der Waals surface area (Å²) in [6, 6.07) is 11.5. The van der Waals surface area contributed by atoms with Gasteiger partial charge in [0.15, 0.2) is 0 Å². The Hall–Kier alpha value is -2.68.